The lowest BCUT2D eigenvalue weighted by Gasteiger charge is -2.21. The summed E-state index contributed by atoms with van der Waals surface area (Å²) in [6.07, 6.45) is 6.52. The number of carbonyl (C=O) groups excluding carboxylic acids is 3. The minimum atomic E-state index is -1.02. The van der Waals surface area contributed by atoms with Crippen molar-refractivity contribution in [3.05, 3.63) is 81.9 Å². The number of nitrogens with one attached hydrogen (secondary N) is 1. The topological polar surface area (TPSA) is 105 Å². The number of pyridine rings is 1. The first kappa shape index (κ1) is 30.8. The molecule has 1 saturated heterocycles. The van der Waals surface area contributed by atoms with Crippen molar-refractivity contribution < 1.29 is 19.1 Å². The Morgan fingerprint density at radius 2 is 1.81 bits per heavy atom. The molecule has 4 rings (SSSR count). The largest absolute Gasteiger partial charge is 0.438 e. The van der Waals surface area contributed by atoms with Crippen LogP contribution in [-0.4, -0.2) is 70.4 Å². The highest BCUT2D eigenvalue weighted by atomic mass is 16.6. The maximum absolute atomic E-state index is 13.4. The summed E-state index contributed by atoms with van der Waals surface area (Å²) in [6.45, 7) is 5.93. The van der Waals surface area contributed by atoms with Gasteiger partial charge in [0.15, 0.2) is 11.9 Å². The van der Waals surface area contributed by atoms with E-state index in [-0.39, 0.29) is 30.1 Å². The average Bonchev–Trinajstić information content (AvgIpc) is 3.63. The van der Waals surface area contributed by atoms with E-state index < -0.39 is 12.2 Å². The summed E-state index contributed by atoms with van der Waals surface area (Å²) in [5.74, 6) is 0.0192. The van der Waals surface area contributed by atoms with Gasteiger partial charge in [-0.15, -0.1) is 0 Å². The van der Waals surface area contributed by atoms with Gasteiger partial charge in [0.2, 0.25) is 5.91 Å². The molecule has 0 aliphatic carbocycles. The van der Waals surface area contributed by atoms with Crippen LogP contribution in [0.15, 0.2) is 59.5 Å². The summed E-state index contributed by atoms with van der Waals surface area (Å²) in [4.78, 5) is 58.0. The van der Waals surface area contributed by atoms with Crippen LogP contribution in [0.1, 0.15) is 56.4 Å². The molecule has 9 nitrogen and oxygen atoms in total. The highest BCUT2D eigenvalue weighted by molar-refractivity contribution is 5.88. The predicted molar refractivity (Wildman–Crippen MR) is 163 cm³/mol. The second-order valence-corrected chi connectivity index (χ2v) is 11.7. The van der Waals surface area contributed by atoms with Gasteiger partial charge in [-0.3, -0.25) is 14.4 Å². The van der Waals surface area contributed by atoms with Gasteiger partial charge >= 0.3 is 6.09 Å². The van der Waals surface area contributed by atoms with Crippen LogP contribution in [0, 0.1) is 5.92 Å². The molecule has 0 spiro atoms. The summed E-state index contributed by atoms with van der Waals surface area (Å²) in [5, 5.41) is 1.10. The lowest BCUT2D eigenvalue weighted by atomic mass is 10.0. The molecule has 1 aromatic carbocycles. The van der Waals surface area contributed by atoms with Crippen LogP contribution < -0.4 is 5.56 Å². The first-order valence-corrected chi connectivity index (χ1v) is 14.8. The van der Waals surface area contributed by atoms with Crippen LogP contribution in [0.4, 0.5) is 4.79 Å². The van der Waals surface area contributed by atoms with Gasteiger partial charge in [-0.1, -0.05) is 44.2 Å². The van der Waals surface area contributed by atoms with E-state index in [0.717, 1.165) is 35.9 Å². The zero-order valence-electron chi connectivity index (χ0n) is 25.1. The van der Waals surface area contributed by atoms with Crippen molar-refractivity contribution in [3.8, 4) is 0 Å². The first-order chi connectivity index (χ1) is 20.1. The highest BCUT2D eigenvalue weighted by Crippen LogP contribution is 2.22. The molecule has 42 heavy (non-hydrogen) atoms. The molecule has 1 aliphatic heterocycles. The number of rotatable bonds is 12. The number of para-hydroxylation sites is 1. The van der Waals surface area contributed by atoms with E-state index in [1.807, 2.05) is 0 Å². The molecular weight excluding hydrogens is 532 g/mol. The number of nitrogens with zero attached hydrogens (tertiary/aromatic N) is 3. The Bertz CT molecular complexity index is 1490. The number of ketones is 1. The van der Waals surface area contributed by atoms with E-state index in [9.17, 15) is 19.2 Å². The van der Waals surface area contributed by atoms with Crippen molar-refractivity contribution in [1.29, 1.82) is 0 Å². The monoisotopic (exact) mass is 574 g/mol. The molecule has 3 aromatic rings. The molecule has 0 bridgehead atoms. The number of Topliss-reactive ketones (excluding diaryl/α,β-unsaturated/α-hetero) is 1. The van der Waals surface area contributed by atoms with Crippen molar-refractivity contribution in [2.45, 2.75) is 65.0 Å². The molecule has 1 atom stereocenters. The number of H-pyrrole nitrogens is 1. The van der Waals surface area contributed by atoms with Crippen LogP contribution in [0.2, 0.25) is 0 Å². The van der Waals surface area contributed by atoms with Crippen molar-refractivity contribution in [2.75, 3.05) is 27.2 Å². The number of likely N-dealkylation sites (N-methyl/N-ethyl adjacent to an activating group) is 1. The Labute approximate surface area is 247 Å². The molecule has 0 saturated carbocycles. The number of ether oxygens (including phenoxy) is 1. The van der Waals surface area contributed by atoms with Crippen LogP contribution in [0.25, 0.3) is 10.9 Å². The molecule has 1 aliphatic rings. The molecule has 2 amide bonds. The van der Waals surface area contributed by atoms with Gasteiger partial charge in [-0.2, -0.15) is 0 Å². The van der Waals surface area contributed by atoms with Gasteiger partial charge in [0.1, 0.15) is 0 Å². The van der Waals surface area contributed by atoms with E-state index in [0.29, 0.717) is 37.5 Å². The van der Waals surface area contributed by atoms with E-state index in [2.05, 4.69) is 43.1 Å². The fraction of sp³-hybridized carbons (Fsp3) is 0.455. The standard InChI is InChI=1S/C33H42N4O5/c1-23(2)19-24-11-9-12-25-20-27(34-31(24)25)22-37-18-10-13-26(32(37)40)21-28(38)29(14-5-6-15-30(39)35(3)4)42-33(41)36-16-7-8-17-36/h6,9-13,15,18,20,23,29,34H,5,7-8,14,16-17,19,21-22H2,1-4H3/b15-6+/t29-/m0/s1. The number of carbonyl (C=O) groups is 3. The average molecular weight is 575 g/mol. The third kappa shape index (κ3) is 7.99. The van der Waals surface area contributed by atoms with E-state index in [1.54, 1.807) is 48.0 Å². The Morgan fingerprint density at radius 3 is 2.52 bits per heavy atom. The number of allylic oxidation sites excluding steroid dienone is 1. The van der Waals surface area contributed by atoms with Crippen LogP contribution in [0.5, 0.6) is 0 Å². The number of aromatic amines is 1. The minimum absolute atomic E-state index is 0.150. The van der Waals surface area contributed by atoms with Gasteiger partial charge < -0.3 is 24.1 Å². The smallest absolute Gasteiger partial charge is 0.410 e. The van der Waals surface area contributed by atoms with E-state index in [1.165, 1.54) is 16.5 Å². The number of benzene rings is 1. The number of amides is 2. The summed E-state index contributed by atoms with van der Waals surface area (Å²) in [7, 11) is 3.32. The number of aromatic nitrogens is 2. The van der Waals surface area contributed by atoms with Crippen LogP contribution in [0.3, 0.4) is 0 Å². The molecule has 0 radical (unpaired) electrons. The number of likely N-dealkylation sites (tertiary alicyclic amines) is 1. The molecule has 1 N–H and O–H groups in total. The first-order valence-electron chi connectivity index (χ1n) is 14.8. The Morgan fingerprint density at radius 1 is 1.07 bits per heavy atom. The van der Waals surface area contributed by atoms with Crippen LogP contribution in [-0.2, 0) is 33.7 Å². The van der Waals surface area contributed by atoms with Gasteiger partial charge in [-0.05, 0) is 67.2 Å². The molecular formula is C33H42N4O5. The third-order valence-corrected chi connectivity index (χ3v) is 7.49. The maximum atomic E-state index is 13.4. The number of fused-ring (bicyclic) bond motifs is 1. The molecule has 1 fully saturated rings. The summed E-state index contributed by atoms with van der Waals surface area (Å²) in [5.41, 5.74) is 3.33. The summed E-state index contributed by atoms with van der Waals surface area (Å²) in [6, 6.07) is 11.7. The fourth-order valence-electron chi connectivity index (χ4n) is 5.27. The fourth-order valence-corrected chi connectivity index (χ4v) is 5.27. The highest BCUT2D eigenvalue weighted by Gasteiger charge is 2.27. The van der Waals surface area contributed by atoms with Gasteiger partial charge in [0.25, 0.3) is 5.56 Å². The Hall–Kier alpha value is -4.14. The van der Waals surface area contributed by atoms with Crippen molar-refractivity contribution in [3.63, 3.8) is 0 Å². The maximum Gasteiger partial charge on any atom is 0.410 e. The zero-order valence-corrected chi connectivity index (χ0v) is 25.1. The summed E-state index contributed by atoms with van der Waals surface area (Å²) < 4.78 is 7.25. The quantitative estimate of drug-likeness (QED) is 0.316. The molecule has 224 valence electrons. The molecule has 2 aromatic heterocycles. The summed E-state index contributed by atoms with van der Waals surface area (Å²) >= 11 is 0. The van der Waals surface area contributed by atoms with E-state index >= 15 is 0 Å². The van der Waals surface area contributed by atoms with Gasteiger partial charge in [0, 0.05) is 56.6 Å². The molecule has 9 heteroatoms. The molecule has 3 heterocycles. The van der Waals surface area contributed by atoms with Crippen molar-refractivity contribution >= 4 is 28.7 Å². The van der Waals surface area contributed by atoms with Crippen molar-refractivity contribution in [2.24, 2.45) is 5.92 Å². The Kier molecular flexibility index (Phi) is 10.4. The molecule has 0 unspecified atom stereocenters. The second kappa shape index (κ2) is 14.2. The SMILES string of the molecule is CC(C)Cc1cccc2cc(Cn3cccc(CC(=O)[C@H](CC/C=C/C(=O)N(C)C)OC(=O)N4CCCC4)c3=O)[nH]c12. The van der Waals surface area contributed by atoms with Crippen molar-refractivity contribution in [1.82, 2.24) is 19.4 Å². The second-order valence-electron chi connectivity index (χ2n) is 11.7. The number of hydrogen-bond acceptors (Lipinski definition) is 5. The predicted octanol–water partition coefficient (Wildman–Crippen LogP) is 4.71. The van der Waals surface area contributed by atoms with Gasteiger partial charge in [-0.25, -0.2) is 4.79 Å². The zero-order chi connectivity index (χ0) is 30.2. The Balaban J connectivity index is 1.49. The third-order valence-electron chi connectivity index (χ3n) is 7.49. The normalized spacial score (nSPS) is 14.2. The van der Waals surface area contributed by atoms with Crippen LogP contribution >= 0.6 is 0 Å². The van der Waals surface area contributed by atoms with Gasteiger partial charge in [0.05, 0.1) is 6.54 Å². The van der Waals surface area contributed by atoms with E-state index in [4.69, 9.17) is 4.74 Å². The number of hydrogen-bond donors (Lipinski definition) is 1. The lowest BCUT2D eigenvalue weighted by molar-refractivity contribution is -0.127. The minimum Gasteiger partial charge on any atom is -0.438 e. The lowest BCUT2D eigenvalue weighted by Crippen LogP contribution is -2.37.